The number of nitrogens with zero attached hydrogens (tertiary/aromatic N) is 3. The van der Waals surface area contributed by atoms with Crippen LogP contribution >= 0.6 is 11.3 Å². The monoisotopic (exact) mass is 353 g/mol. The lowest BCUT2D eigenvalue weighted by atomic mass is 9.72. The van der Waals surface area contributed by atoms with Crippen LogP contribution in [0.2, 0.25) is 0 Å². The van der Waals surface area contributed by atoms with E-state index >= 15 is 0 Å². The SMILES string of the molecule is CC(C)(C)[C@@H]1CCc2c(sc3nnn(Cc4ccccc4)c(=O)c23)C1. The molecule has 1 atom stereocenters. The van der Waals surface area contributed by atoms with Gasteiger partial charge in [0, 0.05) is 4.88 Å². The van der Waals surface area contributed by atoms with Crippen LogP contribution in [0.4, 0.5) is 0 Å². The maximum absolute atomic E-state index is 13.0. The molecule has 0 fully saturated rings. The summed E-state index contributed by atoms with van der Waals surface area (Å²) in [6.07, 6.45) is 3.17. The van der Waals surface area contributed by atoms with Gasteiger partial charge in [0.05, 0.1) is 11.9 Å². The van der Waals surface area contributed by atoms with Crippen LogP contribution in [0, 0.1) is 11.3 Å². The summed E-state index contributed by atoms with van der Waals surface area (Å²) in [6, 6.07) is 9.95. The van der Waals surface area contributed by atoms with E-state index < -0.39 is 0 Å². The molecule has 1 aromatic carbocycles. The Bertz CT molecular complexity index is 966. The van der Waals surface area contributed by atoms with Gasteiger partial charge in [-0.25, -0.2) is 4.68 Å². The first-order valence-corrected chi connectivity index (χ1v) is 9.67. The number of thiophene rings is 1. The van der Waals surface area contributed by atoms with E-state index in [9.17, 15) is 4.79 Å². The van der Waals surface area contributed by atoms with Gasteiger partial charge in [0.2, 0.25) is 0 Å². The summed E-state index contributed by atoms with van der Waals surface area (Å²) in [7, 11) is 0. The molecule has 1 aliphatic carbocycles. The molecule has 2 aromatic heterocycles. The van der Waals surface area contributed by atoms with E-state index in [1.165, 1.54) is 15.1 Å². The van der Waals surface area contributed by atoms with Crippen LogP contribution in [0.15, 0.2) is 35.1 Å². The van der Waals surface area contributed by atoms with Gasteiger partial charge < -0.3 is 0 Å². The van der Waals surface area contributed by atoms with Gasteiger partial charge in [-0.1, -0.05) is 56.3 Å². The number of benzene rings is 1. The molecule has 4 nitrogen and oxygen atoms in total. The first-order valence-electron chi connectivity index (χ1n) is 8.85. The van der Waals surface area contributed by atoms with E-state index in [1.807, 2.05) is 30.3 Å². The molecule has 0 unspecified atom stereocenters. The normalized spacial score (nSPS) is 17.6. The molecule has 0 N–H and O–H groups in total. The summed E-state index contributed by atoms with van der Waals surface area (Å²) in [5.74, 6) is 0.660. The van der Waals surface area contributed by atoms with Crippen LogP contribution in [0.3, 0.4) is 0 Å². The van der Waals surface area contributed by atoms with Crippen LogP contribution < -0.4 is 5.56 Å². The van der Waals surface area contributed by atoms with Gasteiger partial charge in [0.15, 0.2) is 4.83 Å². The molecule has 0 saturated carbocycles. The second-order valence-electron chi connectivity index (χ2n) is 8.03. The molecule has 0 saturated heterocycles. The third kappa shape index (κ3) is 3.01. The second-order valence-corrected chi connectivity index (χ2v) is 9.11. The van der Waals surface area contributed by atoms with Crippen molar-refractivity contribution < 1.29 is 0 Å². The van der Waals surface area contributed by atoms with E-state index in [0.29, 0.717) is 17.9 Å². The molecule has 5 heteroatoms. The Morgan fingerprint density at radius 3 is 2.72 bits per heavy atom. The molecule has 0 bridgehead atoms. The number of aryl methyl sites for hydroxylation is 1. The second kappa shape index (κ2) is 6.06. The topological polar surface area (TPSA) is 47.8 Å². The highest BCUT2D eigenvalue weighted by atomic mass is 32.1. The van der Waals surface area contributed by atoms with Gasteiger partial charge in [0.25, 0.3) is 5.56 Å². The standard InChI is InChI=1S/C20H23N3OS/c1-20(2,3)14-9-10-15-16(11-14)25-18-17(15)19(24)23(22-21-18)12-13-7-5-4-6-8-13/h4-8,14H,9-12H2,1-3H3/t14-/m1/s1. The molecular formula is C20H23N3OS. The average Bonchev–Trinajstić information content (AvgIpc) is 2.96. The number of hydrogen-bond donors (Lipinski definition) is 0. The molecule has 2 heterocycles. The van der Waals surface area contributed by atoms with Gasteiger partial charge >= 0.3 is 0 Å². The molecule has 130 valence electrons. The fourth-order valence-corrected chi connectivity index (χ4v) is 4.96. The van der Waals surface area contributed by atoms with Gasteiger partial charge in [-0.05, 0) is 41.7 Å². The molecule has 0 aliphatic heterocycles. The minimum absolute atomic E-state index is 0.000520. The van der Waals surface area contributed by atoms with E-state index in [2.05, 4.69) is 31.1 Å². The molecular weight excluding hydrogens is 330 g/mol. The maximum atomic E-state index is 13.0. The Morgan fingerprint density at radius 2 is 2.00 bits per heavy atom. The Balaban J connectivity index is 1.75. The summed E-state index contributed by atoms with van der Waals surface area (Å²) in [5.41, 5.74) is 2.59. The molecule has 1 aliphatic rings. The number of fused-ring (bicyclic) bond motifs is 3. The fraction of sp³-hybridized carbons (Fsp3) is 0.450. The molecule has 0 amide bonds. The van der Waals surface area contributed by atoms with Gasteiger partial charge in [-0.2, -0.15) is 0 Å². The quantitative estimate of drug-likeness (QED) is 0.698. The predicted octanol–water partition coefficient (Wildman–Crippen LogP) is 4.05. The summed E-state index contributed by atoms with van der Waals surface area (Å²) >= 11 is 1.66. The molecule has 25 heavy (non-hydrogen) atoms. The lowest BCUT2D eigenvalue weighted by Gasteiger charge is -2.33. The third-order valence-corrected chi connectivity index (χ3v) is 6.48. The van der Waals surface area contributed by atoms with Crippen molar-refractivity contribution in [3.8, 4) is 0 Å². The molecule has 0 spiro atoms. The maximum Gasteiger partial charge on any atom is 0.279 e. The van der Waals surface area contributed by atoms with Gasteiger partial charge in [-0.15, -0.1) is 16.4 Å². The minimum Gasteiger partial charge on any atom is -0.267 e. The van der Waals surface area contributed by atoms with Crippen molar-refractivity contribution in [1.29, 1.82) is 0 Å². The van der Waals surface area contributed by atoms with Crippen molar-refractivity contribution >= 4 is 21.6 Å². The lowest BCUT2D eigenvalue weighted by molar-refractivity contribution is 0.218. The lowest BCUT2D eigenvalue weighted by Crippen LogP contribution is -2.28. The fourth-order valence-electron chi connectivity index (χ4n) is 3.73. The number of rotatable bonds is 2. The van der Waals surface area contributed by atoms with Crippen LogP contribution in [0.1, 0.15) is 43.2 Å². The van der Waals surface area contributed by atoms with Crippen LogP contribution in [0.5, 0.6) is 0 Å². The largest absolute Gasteiger partial charge is 0.279 e. The van der Waals surface area contributed by atoms with E-state index in [0.717, 1.165) is 35.0 Å². The number of aromatic nitrogens is 3. The highest BCUT2D eigenvalue weighted by Gasteiger charge is 2.31. The Labute approximate surface area is 151 Å². The zero-order valence-electron chi connectivity index (χ0n) is 15.0. The van der Waals surface area contributed by atoms with E-state index in [4.69, 9.17) is 0 Å². The van der Waals surface area contributed by atoms with Crippen molar-refractivity contribution in [2.45, 2.75) is 46.6 Å². The molecule has 4 rings (SSSR count). The molecule has 3 aromatic rings. The minimum atomic E-state index is 0.000520. The van der Waals surface area contributed by atoms with Crippen LogP contribution in [0.25, 0.3) is 10.2 Å². The number of hydrogen-bond acceptors (Lipinski definition) is 4. The van der Waals surface area contributed by atoms with Gasteiger partial charge in [0.1, 0.15) is 0 Å². The van der Waals surface area contributed by atoms with Crippen molar-refractivity contribution in [3.63, 3.8) is 0 Å². The Morgan fingerprint density at radius 1 is 1.24 bits per heavy atom. The summed E-state index contributed by atoms with van der Waals surface area (Å²) in [5, 5.41) is 9.34. The summed E-state index contributed by atoms with van der Waals surface area (Å²) < 4.78 is 1.50. The van der Waals surface area contributed by atoms with Crippen molar-refractivity contribution in [3.05, 3.63) is 56.7 Å². The van der Waals surface area contributed by atoms with E-state index in [1.54, 1.807) is 11.3 Å². The zero-order chi connectivity index (χ0) is 17.6. The Hall–Kier alpha value is -2.01. The summed E-state index contributed by atoms with van der Waals surface area (Å²) in [6.45, 7) is 7.39. The van der Waals surface area contributed by atoms with Crippen LogP contribution in [-0.4, -0.2) is 15.0 Å². The first kappa shape index (κ1) is 16.5. The van der Waals surface area contributed by atoms with Crippen molar-refractivity contribution in [2.24, 2.45) is 11.3 Å². The highest BCUT2D eigenvalue weighted by Crippen LogP contribution is 2.41. The third-order valence-electron chi connectivity index (χ3n) is 5.34. The van der Waals surface area contributed by atoms with Gasteiger partial charge in [-0.3, -0.25) is 4.79 Å². The zero-order valence-corrected chi connectivity index (χ0v) is 15.8. The molecule has 0 radical (unpaired) electrons. The predicted molar refractivity (Wildman–Crippen MR) is 102 cm³/mol. The van der Waals surface area contributed by atoms with Crippen molar-refractivity contribution in [2.75, 3.05) is 0 Å². The first-order chi connectivity index (χ1) is 11.9. The Kier molecular flexibility index (Phi) is 3.99. The average molecular weight is 353 g/mol. The highest BCUT2D eigenvalue weighted by molar-refractivity contribution is 7.18. The van der Waals surface area contributed by atoms with Crippen LogP contribution in [-0.2, 0) is 19.4 Å². The smallest absolute Gasteiger partial charge is 0.267 e. The van der Waals surface area contributed by atoms with E-state index in [-0.39, 0.29) is 5.56 Å². The summed E-state index contributed by atoms with van der Waals surface area (Å²) in [4.78, 5) is 15.1. The van der Waals surface area contributed by atoms with Crippen molar-refractivity contribution in [1.82, 2.24) is 15.0 Å².